The highest BCUT2D eigenvalue weighted by molar-refractivity contribution is 6.29. The number of carbonyl (C=O) groups excluding carboxylic acids is 1. The molecule has 0 bridgehead atoms. The van der Waals surface area contributed by atoms with Crippen molar-refractivity contribution in [3.05, 3.63) is 29.0 Å². The van der Waals surface area contributed by atoms with Gasteiger partial charge in [0, 0.05) is 26.2 Å². The first kappa shape index (κ1) is 14.7. The van der Waals surface area contributed by atoms with Gasteiger partial charge in [0.05, 0.1) is 0 Å². The molecule has 1 aliphatic heterocycles. The van der Waals surface area contributed by atoms with Gasteiger partial charge in [-0.2, -0.15) is 0 Å². The number of aliphatic carboxylic acids is 1. The van der Waals surface area contributed by atoms with Crippen LogP contribution in [-0.4, -0.2) is 64.0 Å². The van der Waals surface area contributed by atoms with Crippen molar-refractivity contribution in [1.82, 2.24) is 14.8 Å². The first-order valence-electron chi connectivity index (χ1n) is 6.37. The van der Waals surface area contributed by atoms with Gasteiger partial charge < -0.3 is 10.0 Å². The van der Waals surface area contributed by atoms with Crippen molar-refractivity contribution < 1.29 is 14.7 Å². The molecular weight excluding hydrogens is 282 g/mol. The Bertz CT molecular complexity index is 515. The number of carboxylic acids is 1. The second-order valence-corrected chi connectivity index (χ2v) is 5.08. The smallest absolute Gasteiger partial charge is 0.320 e. The molecule has 1 unspecified atom stereocenters. The van der Waals surface area contributed by atoms with Crippen molar-refractivity contribution in [2.75, 3.05) is 26.2 Å². The molecule has 1 saturated heterocycles. The average Bonchev–Trinajstić information content (AvgIpc) is 2.46. The second kappa shape index (κ2) is 6.19. The van der Waals surface area contributed by atoms with Gasteiger partial charge in [0.2, 0.25) is 0 Å². The Kier molecular flexibility index (Phi) is 4.57. The summed E-state index contributed by atoms with van der Waals surface area (Å²) < 4.78 is 0. The van der Waals surface area contributed by atoms with Gasteiger partial charge in [-0.05, 0) is 19.1 Å². The quantitative estimate of drug-likeness (QED) is 0.842. The first-order valence-corrected chi connectivity index (χ1v) is 6.75. The van der Waals surface area contributed by atoms with Gasteiger partial charge in [-0.1, -0.05) is 17.7 Å². The van der Waals surface area contributed by atoms with Crippen LogP contribution in [0.3, 0.4) is 0 Å². The molecule has 20 heavy (non-hydrogen) atoms. The van der Waals surface area contributed by atoms with E-state index in [1.165, 1.54) is 0 Å². The van der Waals surface area contributed by atoms with E-state index < -0.39 is 12.0 Å². The van der Waals surface area contributed by atoms with Crippen LogP contribution in [0.15, 0.2) is 18.2 Å². The van der Waals surface area contributed by atoms with Crippen LogP contribution in [0.4, 0.5) is 0 Å². The van der Waals surface area contributed by atoms with Crippen molar-refractivity contribution in [3.8, 4) is 0 Å². The minimum atomic E-state index is -0.846. The van der Waals surface area contributed by atoms with Crippen LogP contribution in [0.1, 0.15) is 17.4 Å². The Labute approximate surface area is 122 Å². The van der Waals surface area contributed by atoms with Gasteiger partial charge in [0.1, 0.15) is 16.9 Å². The molecule has 1 N–H and O–H groups in total. The lowest BCUT2D eigenvalue weighted by Crippen LogP contribution is -2.53. The molecule has 1 amide bonds. The third kappa shape index (κ3) is 3.26. The molecule has 2 rings (SSSR count). The van der Waals surface area contributed by atoms with Crippen molar-refractivity contribution in [2.45, 2.75) is 13.0 Å². The lowest BCUT2D eigenvalue weighted by atomic mass is 10.2. The molecule has 1 aliphatic rings. The number of piperazine rings is 1. The number of amides is 1. The lowest BCUT2D eigenvalue weighted by Gasteiger charge is -2.36. The zero-order valence-electron chi connectivity index (χ0n) is 11.1. The number of hydrogen-bond acceptors (Lipinski definition) is 4. The minimum Gasteiger partial charge on any atom is -0.480 e. The molecule has 0 saturated carbocycles. The Morgan fingerprint density at radius 2 is 1.95 bits per heavy atom. The SMILES string of the molecule is CC(C(=O)O)N1CCN(C(=O)c2cccc(Cl)n2)CC1. The number of aromatic nitrogens is 1. The number of nitrogens with zero attached hydrogens (tertiary/aromatic N) is 3. The topological polar surface area (TPSA) is 73.7 Å². The number of pyridine rings is 1. The highest BCUT2D eigenvalue weighted by atomic mass is 35.5. The molecule has 7 heteroatoms. The Morgan fingerprint density at radius 1 is 1.30 bits per heavy atom. The van der Waals surface area contributed by atoms with Crippen LogP contribution in [-0.2, 0) is 4.79 Å². The van der Waals surface area contributed by atoms with Crippen molar-refractivity contribution in [2.24, 2.45) is 0 Å². The number of hydrogen-bond donors (Lipinski definition) is 1. The van der Waals surface area contributed by atoms with Gasteiger partial charge >= 0.3 is 5.97 Å². The minimum absolute atomic E-state index is 0.171. The van der Waals surface area contributed by atoms with Gasteiger partial charge in [-0.3, -0.25) is 14.5 Å². The van der Waals surface area contributed by atoms with Gasteiger partial charge in [0.25, 0.3) is 5.91 Å². The fraction of sp³-hybridized carbons (Fsp3) is 0.462. The summed E-state index contributed by atoms with van der Waals surface area (Å²) >= 11 is 5.77. The lowest BCUT2D eigenvalue weighted by molar-refractivity contribution is -0.143. The highest BCUT2D eigenvalue weighted by Gasteiger charge is 2.27. The summed E-state index contributed by atoms with van der Waals surface area (Å²) in [5, 5.41) is 9.26. The van der Waals surface area contributed by atoms with Crippen molar-refractivity contribution in [3.63, 3.8) is 0 Å². The zero-order valence-corrected chi connectivity index (χ0v) is 11.9. The summed E-state index contributed by atoms with van der Waals surface area (Å²) in [6.07, 6.45) is 0. The van der Waals surface area contributed by atoms with Crippen LogP contribution in [0, 0.1) is 0 Å². The number of carboxylic acid groups (broad SMARTS) is 1. The summed E-state index contributed by atoms with van der Waals surface area (Å²) in [5.74, 6) is -1.02. The number of rotatable bonds is 3. The van der Waals surface area contributed by atoms with E-state index in [1.807, 2.05) is 4.90 Å². The summed E-state index contributed by atoms with van der Waals surface area (Å²) in [6.45, 7) is 3.72. The molecule has 1 aromatic rings. The molecule has 0 aromatic carbocycles. The van der Waals surface area contributed by atoms with E-state index in [1.54, 1.807) is 30.0 Å². The normalized spacial score (nSPS) is 17.8. The third-order valence-electron chi connectivity index (χ3n) is 3.44. The zero-order chi connectivity index (χ0) is 14.7. The van der Waals surface area contributed by atoms with E-state index in [0.717, 1.165) is 0 Å². The molecule has 0 spiro atoms. The predicted octanol–water partition coefficient (Wildman–Crippen LogP) is 0.966. The fourth-order valence-electron chi connectivity index (χ4n) is 2.16. The second-order valence-electron chi connectivity index (χ2n) is 4.69. The van der Waals surface area contributed by atoms with Crippen LogP contribution < -0.4 is 0 Å². The van der Waals surface area contributed by atoms with Crippen LogP contribution in [0.5, 0.6) is 0 Å². The van der Waals surface area contributed by atoms with E-state index in [4.69, 9.17) is 16.7 Å². The number of carbonyl (C=O) groups is 2. The molecule has 0 radical (unpaired) electrons. The summed E-state index contributed by atoms with van der Waals surface area (Å²) in [6, 6.07) is 4.40. The molecule has 6 nitrogen and oxygen atoms in total. The molecular formula is C13H16ClN3O3. The van der Waals surface area contributed by atoms with E-state index in [0.29, 0.717) is 31.9 Å². The predicted molar refractivity (Wildman–Crippen MR) is 73.8 cm³/mol. The Hall–Kier alpha value is -1.66. The van der Waals surface area contributed by atoms with Crippen LogP contribution >= 0.6 is 11.6 Å². The van der Waals surface area contributed by atoms with Crippen molar-refractivity contribution in [1.29, 1.82) is 0 Å². The number of halogens is 1. The molecule has 2 heterocycles. The third-order valence-corrected chi connectivity index (χ3v) is 3.65. The Morgan fingerprint density at radius 3 is 2.50 bits per heavy atom. The summed E-state index contributed by atoms with van der Waals surface area (Å²) in [5.41, 5.74) is 0.317. The standard InChI is InChI=1S/C13H16ClN3O3/c1-9(13(19)20)16-5-7-17(8-6-16)12(18)10-3-2-4-11(14)15-10/h2-4,9H,5-8H2,1H3,(H,19,20). The van der Waals surface area contributed by atoms with E-state index >= 15 is 0 Å². The monoisotopic (exact) mass is 297 g/mol. The van der Waals surface area contributed by atoms with Crippen LogP contribution in [0.2, 0.25) is 5.15 Å². The summed E-state index contributed by atoms with van der Waals surface area (Å²) in [4.78, 5) is 30.7. The molecule has 1 aromatic heterocycles. The maximum absolute atomic E-state index is 12.2. The van der Waals surface area contributed by atoms with Gasteiger partial charge in [-0.25, -0.2) is 4.98 Å². The summed E-state index contributed by atoms with van der Waals surface area (Å²) in [7, 11) is 0. The maximum Gasteiger partial charge on any atom is 0.320 e. The fourth-order valence-corrected chi connectivity index (χ4v) is 2.32. The molecule has 0 aliphatic carbocycles. The van der Waals surface area contributed by atoms with Gasteiger partial charge in [-0.15, -0.1) is 0 Å². The Balaban J connectivity index is 1.97. The largest absolute Gasteiger partial charge is 0.480 e. The molecule has 1 fully saturated rings. The highest BCUT2D eigenvalue weighted by Crippen LogP contribution is 2.11. The molecule has 1 atom stereocenters. The van der Waals surface area contributed by atoms with E-state index in [2.05, 4.69) is 4.98 Å². The van der Waals surface area contributed by atoms with E-state index in [9.17, 15) is 9.59 Å². The van der Waals surface area contributed by atoms with Crippen molar-refractivity contribution >= 4 is 23.5 Å². The van der Waals surface area contributed by atoms with E-state index in [-0.39, 0.29) is 11.1 Å². The van der Waals surface area contributed by atoms with Gasteiger partial charge in [0.15, 0.2) is 0 Å². The average molecular weight is 298 g/mol. The first-order chi connectivity index (χ1) is 9.49. The maximum atomic E-state index is 12.2. The molecule has 108 valence electrons. The van der Waals surface area contributed by atoms with Crippen LogP contribution in [0.25, 0.3) is 0 Å².